The Morgan fingerprint density at radius 1 is 1.35 bits per heavy atom. The molecule has 0 unspecified atom stereocenters. The number of benzene rings is 1. The van der Waals surface area contributed by atoms with Crippen molar-refractivity contribution in [3.8, 4) is 11.6 Å². The van der Waals surface area contributed by atoms with Gasteiger partial charge in [-0.05, 0) is 30.7 Å². The molecule has 0 bridgehead atoms. The van der Waals surface area contributed by atoms with Crippen LogP contribution in [-0.2, 0) is 0 Å². The monoisotopic (exact) mass is 301 g/mol. The normalized spacial score (nSPS) is 10.4. The van der Waals surface area contributed by atoms with E-state index in [4.69, 9.17) is 16.3 Å². The van der Waals surface area contributed by atoms with E-state index in [-0.39, 0.29) is 11.0 Å². The maximum Gasteiger partial charge on any atom is 0.352 e. The van der Waals surface area contributed by atoms with Crippen molar-refractivity contribution in [2.75, 3.05) is 0 Å². The smallest absolute Gasteiger partial charge is 0.352 e. The maximum absolute atomic E-state index is 13.5. The number of hydrogen-bond donors (Lipinski definition) is 0. The highest BCUT2D eigenvalue weighted by Crippen LogP contribution is 2.33. The summed E-state index contributed by atoms with van der Waals surface area (Å²) in [5.41, 5.74) is -0.625. The van der Waals surface area contributed by atoms with Gasteiger partial charge in [-0.1, -0.05) is 0 Å². The Balaban J connectivity index is 2.53. The molecule has 9 heteroatoms. The van der Waals surface area contributed by atoms with E-state index in [0.29, 0.717) is 0 Å². The van der Waals surface area contributed by atoms with E-state index in [1.165, 1.54) is 6.92 Å². The van der Waals surface area contributed by atoms with Gasteiger partial charge in [0.25, 0.3) is 0 Å². The van der Waals surface area contributed by atoms with E-state index in [9.17, 15) is 18.9 Å². The molecule has 6 nitrogen and oxygen atoms in total. The first-order chi connectivity index (χ1) is 9.38. The Bertz CT molecular complexity index is 697. The van der Waals surface area contributed by atoms with Crippen molar-refractivity contribution >= 4 is 17.3 Å². The molecule has 20 heavy (non-hydrogen) atoms. The van der Waals surface area contributed by atoms with Gasteiger partial charge in [0, 0.05) is 6.07 Å². The lowest BCUT2D eigenvalue weighted by atomic mass is 10.3. The van der Waals surface area contributed by atoms with Crippen molar-refractivity contribution in [3.05, 3.63) is 50.9 Å². The van der Waals surface area contributed by atoms with Gasteiger partial charge in [-0.25, -0.2) is 13.8 Å². The van der Waals surface area contributed by atoms with Crippen LogP contribution in [0.5, 0.6) is 11.6 Å². The Kier molecular flexibility index (Phi) is 3.75. The molecule has 0 atom stereocenters. The molecule has 0 radical (unpaired) electrons. The van der Waals surface area contributed by atoms with Crippen LogP contribution in [0.1, 0.15) is 5.69 Å². The molecule has 0 aliphatic rings. The third-order valence-electron chi connectivity index (χ3n) is 2.28. The predicted molar refractivity (Wildman–Crippen MR) is 64.9 cm³/mol. The van der Waals surface area contributed by atoms with E-state index in [0.717, 1.165) is 18.2 Å². The zero-order chi connectivity index (χ0) is 14.9. The van der Waals surface area contributed by atoms with Gasteiger partial charge < -0.3 is 4.74 Å². The third-order valence-corrected chi connectivity index (χ3v) is 2.45. The second-order valence-electron chi connectivity index (χ2n) is 3.67. The topological polar surface area (TPSA) is 78.2 Å². The highest BCUT2D eigenvalue weighted by atomic mass is 35.5. The lowest BCUT2D eigenvalue weighted by Gasteiger charge is -2.07. The summed E-state index contributed by atoms with van der Waals surface area (Å²) in [6.07, 6.45) is 0. The molecule has 1 heterocycles. The number of aryl methyl sites for hydroxylation is 1. The van der Waals surface area contributed by atoms with E-state index < -0.39 is 33.9 Å². The van der Waals surface area contributed by atoms with Crippen LogP contribution in [0, 0.1) is 28.7 Å². The van der Waals surface area contributed by atoms with Gasteiger partial charge in [-0.3, -0.25) is 10.1 Å². The average Bonchev–Trinajstić information content (AvgIpc) is 2.32. The summed E-state index contributed by atoms with van der Waals surface area (Å²) >= 11 is 5.57. The van der Waals surface area contributed by atoms with Gasteiger partial charge in [0.1, 0.15) is 11.5 Å². The van der Waals surface area contributed by atoms with Gasteiger partial charge in [-0.2, -0.15) is 4.98 Å². The average molecular weight is 302 g/mol. The second-order valence-corrected chi connectivity index (χ2v) is 4.00. The summed E-state index contributed by atoms with van der Waals surface area (Å²) in [5.74, 6) is -2.76. The number of aromatic nitrogens is 2. The number of nitrogens with zero attached hydrogens (tertiary/aromatic N) is 3. The molecule has 0 amide bonds. The molecule has 2 aromatic rings. The van der Waals surface area contributed by atoms with Crippen LogP contribution >= 0.6 is 11.6 Å². The highest BCUT2D eigenvalue weighted by Gasteiger charge is 2.24. The van der Waals surface area contributed by atoms with Crippen molar-refractivity contribution in [2.24, 2.45) is 0 Å². The number of halogens is 3. The van der Waals surface area contributed by atoms with Crippen LogP contribution < -0.4 is 4.74 Å². The number of ether oxygens (including phenoxy) is 1. The Morgan fingerprint density at radius 2 is 2.05 bits per heavy atom. The first-order valence-electron chi connectivity index (χ1n) is 5.20. The van der Waals surface area contributed by atoms with Gasteiger partial charge in [0.2, 0.25) is 5.28 Å². The van der Waals surface area contributed by atoms with E-state index in [1.807, 2.05) is 0 Å². The molecular weight excluding hydrogens is 296 g/mol. The zero-order valence-electron chi connectivity index (χ0n) is 9.93. The quantitative estimate of drug-likeness (QED) is 0.493. The molecule has 1 aromatic heterocycles. The van der Waals surface area contributed by atoms with E-state index >= 15 is 0 Å². The van der Waals surface area contributed by atoms with Gasteiger partial charge >= 0.3 is 11.6 Å². The molecule has 0 saturated heterocycles. The van der Waals surface area contributed by atoms with Crippen LogP contribution in [0.2, 0.25) is 5.28 Å². The molecule has 0 aliphatic carbocycles. The standard InChI is InChI=1S/C11H6ClF2N3O3/c1-5-9(17(18)19)10(16-11(12)15-5)20-8-4-6(13)2-3-7(8)14/h2-4H,1H3. The van der Waals surface area contributed by atoms with E-state index in [2.05, 4.69) is 9.97 Å². The summed E-state index contributed by atoms with van der Waals surface area (Å²) < 4.78 is 31.4. The minimum absolute atomic E-state index is 0.0539. The van der Waals surface area contributed by atoms with Crippen molar-refractivity contribution in [1.29, 1.82) is 0 Å². The Labute approximate surface area is 116 Å². The van der Waals surface area contributed by atoms with Crippen molar-refractivity contribution in [3.63, 3.8) is 0 Å². The van der Waals surface area contributed by atoms with Gasteiger partial charge in [0.15, 0.2) is 11.6 Å². The molecule has 0 aliphatic heterocycles. The summed E-state index contributed by atoms with van der Waals surface area (Å²) in [7, 11) is 0. The molecule has 2 rings (SSSR count). The fourth-order valence-electron chi connectivity index (χ4n) is 1.45. The minimum atomic E-state index is -0.895. The van der Waals surface area contributed by atoms with Crippen LogP contribution in [-0.4, -0.2) is 14.9 Å². The molecule has 0 N–H and O–H groups in total. The number of rotatable bonds is 3. The maximum atomic E-state index is 13.5. The molecule has 0 spiro atoms. The summed E-state index contributed by atoms with van der Waals surface area (Å²) in [6.45, 7) is 1.32. The van der Waals surface area contributed by atoms with E-state index in [1.54, 1.807) is 0 Å². The molecule has 1 aromatic carbocycles. The van der Waals surface area contributed by atoms with Crippen LogP contribution in [0.3, 0.4) is 0 Å². The summed E-state index contributed by atoms with van der Waals surface area (Å²) in [5, 5.41) is 10.6. The lowest BCUT2D eigenvalue weighted by Crippen LogP contribution is -2.02. The van der Waals surface area contributed by atoms with Gasteiger partial charge in [-0.15, -0.1) is 0 Å². The largest absolute Gasteiger partial charge is 0.430 e. The molecule has 0 saturated carbocycles. The zero-order valence-corrected chi connectivity index (χ0v) is 10.7. The third kappa shape index (κ3) is 2.80. The summed E-state index contributed by atoms with van der Waals surface area (Å²) in [4.78, 5) is 17.3. The SMILES string of the molecule is Cc1nc(Cl)nc(Oc2cc(F)ccc2F)c1[N+](=O)[O-]. The van der Waals surface area contributed by atoms with Crippen LogP contribution in [0.25, 0.3) is 0 Å². The van der Waals surface area contributed by atoms with Crippen molar-refractivity contribution in [2.45, 2.75) is 6.92 Å². The Hall–Kier alpha value is -2.35. The van der Waals surface area contributed by atoms with Crippen LogP contribution in [0.15, 0.2) is 18.2 Å². The minimum Gasteiger partial charge on any atom is -0.430 e. The fourth-order valence-corrected chi connectivity index (χ4v) is 1.65. The lowest BCUT2D eigenvalue weighted by molar-refractivity contribution is -0.386. The number of hydrogen-bond acceptors (Lipinski definition) is 5. The van der Waals surface area contributed by atoms with Crippen molar-refractivity contribution in [1.82, 2.24) is 9.97 Å². The fraction of sp³-hybridized carbons (Fsp3) is 0.0909. The second kappa shape index (κ2) is 5.33. The molecule has 0 fully saturated rings. The summed E-state index contributed by atoms with van der Waals surface area (Å²) in [6, 6.07) is 2.45. The van der Waals surface area contributed by atoms with Crippen LogP contribution in [0.4, 0.5) is 14.5 Å². The first kappa shape index (κ1) is 14.1. The molecule has 104 valence electrons. The van der Waals surface area contributed by atoms with Crippen molar-refractivity contribution < 1.29 is 18.4 Å². The number of nitro groups is 1. The first-order valence-corrected chi connectivity index (χ1v) is 5.57. The van der Waals surface area contributed by atoms with Gasteiger partial charge in [0.05, 0.1) is 4.92 Å². The molecular formula is C11H6ClF2N3O3. The predicted octanol–water partition coefficient (Wildman–Crippen LogP) is 3.42. The highest BCUT2D eigenvalue weighted by molar-refractivity contribution is 6.28. The Morgan fingerprint density at radius 3 is 2.70 bits per heavy atom.